The Labute approximate surface area is 126 Å². The van der Waals surface area contributed by atoms with Gasteiger partial charge < -0.3 is 0 Å². The Kier molecular flexibility index (Phi) is 3.96. The van der Waals surface area contributed by atoms with Crippen LogP contribution in [-0.2, 0) is 6.42 Å². The predicted octanol–water partition coefficient (Wildman–Crippen LogP) is 3.10. The minimum Gasteiger partial charge on any atom is -0.292 e. The smallest absolute Gasteiger partial charge is 0.185 e. The van der Waals surface area contributed by atoms with Gasteiger partial charge in [-0.15, -0.1) is 0 Å². The molecule has 108 valence electrons. The number of pyridine rings is 3. The monoisotopic (exact) mass is 293 g/mol. The standard InChI is InChI=1S/C17H12FN3O/c18-13-5-7-16(21-11-13)17(22)9-12-4-6-15(20-10-12)14-3-1-2-8-19-14/h1-8,10-11H,9H2. The zero-order valence-electron chi connectivity index (χ0n) is 11.6. The minimum atomic E-state index is -0.460. The summed E-state index contributed by atoms with van der Waals surface area (Å²) >= 11 is 0. The van der Waals surface area contributed by atoms with Crippen LogP contribution in [0.3, 0.4) is 0 Å². The predicted molar refractivity (Wildman–Crippen MR) is 79.7 cm³/mol. The molecule has 0 bridgehead atoms. The van der Waals surface area contributed by atoms with Crippen LogP contribution in [0.1, 0.15) is 16.1 Å². The van der Waals surface area contributed by atoms with Gasteiger partial charge in [-0.25, -0.2) is 4.39 Å². The van der Waals surface area contributed by atoms with Gasteiger partial charge in [0.1, 0.15) is 11.5 Å². The number of Topliss-reactive ketones (excluding diaryl/α,β-unsaturated/α-hetero) is 1. The van der Waals surface area contributed by atoms with Gasteiger partial charge in [-0.1, -0.05) is 12.1 Å². The molecule has 0 saturated heterocycles. The maximum Gasteiger partial charge on any atom is 0.185 e. The molecule has 0 spiro atoms. The fourth-order valence-electron chi connectivity index (χ4n) is 2.01. The molecule has 0 saturated carbocycles. The number of carbonyl (C=O) groups is 1. The van der Waals surface area contributed by atoms with E-state index in [0.29, 0.717) is 0 Å². The number of halogens is 1. The zero-order chi connectivity index (χ0) is 15.4. The van der Waals surface area contributed by atoms with Crippen molar-refractivity contribution < 1.29 is 9.18 Å². The summed E-state index contributed by atoms with van der Waals surface area (Å²) in [5.41, 5.74) is 2.54. The summed E-state index contributed by atoms with van der Waals surface area (Å²) in [4.78, 5) is 24.4. The van der Waals surface area contributed by atoms with Crippen molar-refractivity contribution in [1.82, 2.24) is 15.0 Å². The summed E-state index contributed by atoms with van der Waals surface area (Å²) in [5, 5.41) is 0. The van der Waals surface area contributed by atoms with Crippen LogP contribution < -0.4 is 0 Å². The summed E-state index contributed by atoms with van der Waals surface area (Å²) in [6.07, 6.45) is 4.56. The van der Waals surface area contributed by atoms with E-state index in [2.05, 4.69) is 15.0 Å². The molecule has 4 nitrogen and oxygen atoms in total. The van der Waals surface area contributed by atoms with Gasteiger partial charge in [0.25, 0.3) is 0 Å². The number of nitrogens with zero attached hydrogens (tertiary/aromatic N) is 3. The van der Waals surface area contributed by atoms with Crippen molar-refractivity contribution in [1.29, 1.82) is 0 Å². The van der Waals surface area contributed by atoms with Gasteiger partial charge in [-0.05, 0) is 35.9 Å². The molecule has 3 aromatic rings. The maximum atomic E-state index is 12.8. The van der Waals surface area contributed by atoms with E-state index < -0.39 is 5.82 Å². The van der Waals surface area contributed by atoms with Crippen LogP contribution >= 0.6 is 0 Å². The van der Waals surface area contributed by atoms with Crippen LogP contribution in [0.4, 0.5) is 4.39 Å². The van der Waals surface area contributed by atoms with Crippen LogP contribution in [0.5, 0.6) is 0 Å². The zero-order valence-corrected chi connectivity index (χ0v) is 11.6. The highest BCUT2D eigenvalue weighted by Gasteiger charge is 2.09. The summed E-state index contributed by atoms with van der Waals surface area (Å²) in [7, 11) is 0. The lowest BCUT2D eigenvalue weighted by Crippen LogP contribution is -2.06. The third-order valence-electron chi connectivity index (χ3n) is 3.13. The van der Waals surface area contributed by atoms with Crippen molar-refractivity contribution in [3.63, 3.8) is 0 Å². The lowest BCUT2D eigenvalue weighted by Gasteiger charge is -2.03. The number of hydrogen-bond donors (Lipinski definition) is 0. The molecule has 0 fully saturated rings. The Morgan fingerprint density at radius 1 is 0.909 bits per heavy atom. The van der Waals surface area contributed by atoms with Gasteiger partial charge in [0.05, 0.1) is 17.6 Å². The lowest BCUT2D eigenvalue weighted by molar-refractivity contribution is 0.0988. The average molecular weight is 293 g/mol. The first kappa shape index (κ1) is 14.0. The third-order valence-corrected chi connectivity index (χ3v) is 3.13. The Balaban J connectivity index is 1.73. The molecule has 0 N–H and O–H groups in total. The molecule has 0 amide bonds. The van der Waals surface area contributed by atoms with Crippen molar-refractivity contribution in [2.75, 3.05) is 0 Å². The average Bonchev–Trinajstić information content (AvgIpc) is 2.57. The van der Waals surface area contributed by atoms with E-state index in [4.69, 9.17) is 0 Å². The van der Waals surface area contributed by atoms with Crippen LogP contribution in [0.2, 0.25) is 0 Å². The molecular weight excluding hydrogens is 281 g/mol. The first-order chi connectivity index (χ1) is 10.7. The number of ketones is 1. The van der Waals surface area contributed by atoms with Gasteiger partial charge in [0, 0.05) is 18.8 Å². The van der Waals surface area contributed by atoms with E-state index in [9.17, 15) is 9.18 Å². The molecule has 0 atom stereocenters. The molecule has 3 aromatic heterocycles. The third kappa shape index (κ3) is 3.20. The largest absolute Gasteiger partial charge is 0.292 e. The number of rotatable bonds is 4. The Bertz CT molecular complexity index is 771. The van der Waals surface area contributed by atoms with Crippen LogP contribution in [0.25, 0.3) is 11.4 Å². The molecule has 3 heterocycles. The highest BCUT2D eigenvalue weighted by atomic mass is 19.1. The van der Waals surface area contributed by atoms with Crippen molar-refractivity contribution in [3.8, 4) is 11.4 Å². The van der Waals surface area contributed by atoms with Gasteiger partial charge >= 0.3 is 0 Å². The molecule has 5 heteroatoms. The van der Waals surface area contributed by atoms with Crippen molar-refractivity contribution >= 4 is 5.78 Å². The topological polar surface area (TPSA) is 55.7 Å². The van der Waals surface area contributed by atoms with Crippen LogP contribution in [0.15, 0.2) is 61.1 Å². The van der Waals surface area contributed by atoms with E-state index in [1.807, 2.05) is 30.3 Å². The fourth-order valence-corrected chi connectivity index (χ4v) is 2.01. The Morgan fingerprint density at radius 2 is 1.77 bits per heavy atom. The normalized spacial score (nSPS) is 10.4. The molecular formula is C17H12FN3O. The summed E-state index contributed by atoms with van der Waals surface area (Å²) < 4.78 is 12.8. The minimum absolute atomic E-state index is 0.174. The molecule has 0 radical (unpaired) electrons. The molecule has 0 aliphatic rings. The second kappa shape index (κ2) is 6.22. The first-order valence-electron chi connectivity index (χ1n) is 6.73. The molecule has 3 rings (SSSR count). The fraction of sp³-hybridized carbons (Fsp3) is 0.0588. The van der Waals surface area contributed by atoms with E-state index >= 15 is 0 Å². The molecule has 0 aromatic carbocycles. The Hall–Kier alpha value is -2.95. The van der Waals surface area contributed by atoms with Gasteiger partial charge in [-0.3, -0.25) is 19.7 Å². The summed E-state index contributed by atoms with van der Waals surface area (Å²) in [6.45, 7) is 0. The van der Waals surface area contributed by atoms with Crippen molar-refractivity contribution in [2.24, 2.45) is 0 Å². The second-order valence-corrected chi connectivity index (χ2v) is 4.73. The van der Waals surface area contributed by atoms with E-state index in [1.54, 1.807) is 12.4 Å². The lowest BCUT2D eigenvalue weighted by atomic mass is 10.1. The summed E-state index contributed by atoms with van der Waals surface area (Å²) in [6, 6.07) is 11.9. The highest BCUT2D eigenvalue weighted by Crippen LogP contribution is 2.14. The van der Waals surface area contributed by atoms with E-state index in [0.717, 1.165) is 23.1 Å². The first-order valence-corrected chi connectivity index (χ1v) is 6.73. The summed E-state index contributed by atoms with van der Waals surface area (Å²) in [5.74, 6) is -0.634. The SMILES string of the molecule is O=C(Cc1ccc(-c2ccccn2)nc1)c1ccc(F)cn1. The van der Waals surface area contributed by atoms with E-state index in [-0.39, 0.29) is 17.9 Å². The molecule has 0 aliphatic heterocycles. The van der Waals surface area contributed by atoms with Gasteiger partial charge in [-0.2, -0.15) is 0 Å². The van der Waals surface area contributed by atoms with Gasteiger partial charge in [0.2, 0.25) is 0 Å². The number of hydrogen-bond acceptors (Lipinski definition) is 4. The van der Waals surface area contributed by atoms with Gasteiger partial charge in [0.15, 0.2) is 5.78 Å². The number of aromatic nitrogens is 3. The van der Waals surface area contributed by atoms with Crippen molar-refractivity contribution in [3.05, 3.63) is 78.1 Å². The highest BCUT2D eigenvalue weighted by molar-refractivity contribution is 5.95. The maximum absolute atomic E-state index is 12.8. The van der Waals surface area contributed by atoms with E-state index in [1.165, 1.54) is 12.1 Å². The van der Waals surface area contributed by atoms with Crippen LogP contribution in [-0.4, -0.2) is 20.7 Å². The molecule has 0 aliphatic carbocycles. The molecule has 22 heavy (non-hydrogen) atoms. The van der Waals surface area contributed by atoms with Crippen LogP contribution in [0, 0.1) is 5.82 Å². The number of carbonyl (C=O) groups excluding carboxylic acids is 1. The quantitative estimate of drug-likeness (QED) is 0.694. The second-order valence-electron chi connectivity index (χ2n) is 4.73. The molecule has 0 unspecified atom stereocenters. The Morgan fingerprint density at radius 3 is 2.41 bits per heavy atom. The van der Waals surface area contributed by atoms with Crippen molar-refractivity contribution in [2.45, 2.75) is 6.42 Å².